The molecule has 112 valence electrons. The van der Waals surface area contributed by atoms with Crippen LogP contribution < -0.4 is 0 Å². The molecule has 0 amide bonds. The van der Waals surface area contributed by atoms with Gasteiger partial charge in [0.05, 0.1) is 22.9 Å². The fourth-order valence-corrected chi connectivity index (χ4v) is 2.47. The molecule has 0 saturated heterocycles. The second kappa shape index (κ2) is 5.57. The monoisotopic (exact) mass is 301 g/mol. The lowest BCUT2D eigenvalue weighted by molar-refractivity contribution is 0.528. The van der Waals surface area contributed by atoms with Gasteiger partial charge in [0.15, 0.2) is 0 Å². The summed E-state index contributed by atoms with van der Waals surface area (Å²) in [5, 5.41) is 0. The first-order valence-electron chi connectivity index (χ1n) is 7.44. The number of imidazole rings is 1. The van der Waals surface area contributed by atoms with Crippen molar-refractivity contribution in [2.75, 3.05) is 0 Å². The average molecular weight is 301 g/mol. The van der Waals surface area contributed by atoms with Gasteiger partial charge in [-0.25, -0.2) is 4.98 Å². The normalized spacial score (nSPS) is 11.5. The number of aryl methyl sites for hydroxylation is 1. The first-order valence-corrected chi connectivity index (χ1v) is 7.44. The molecule has 2 aromatic carbocycles. The second-order valence-corrected chi connectivity index (χ2v) is 5.36. The number of aliphatic imine (C=N–C) groups is 1. The molecule has 0 aliphatic heterocycles. The van der Waals surface area contributed by atoms with E-state index in [4.69, 9.17) is 4.42 Å². The van der Waals surface area contributed by atoms with E-state index in [-0.39, 0.29) is 0 Å². The number of hydrogen-bond donors (Lipinski definition) is 1. The number of nitrogens with zero attached hydrogens (tertiary/aromatic N) is 2. The van der Waals surface area contributed by atoms with E-state index >= 15 is 0 Å². The predicted molar refractivity (Wildman–Crippen MR) is 92.2 cm³/mol. The van der Waals surface area contributed by atoms with Crippen LogP contribution in [0.5, 0.6) is 0 Å². The average Bonchev–Trinajstić information content (AvgIpc) is 3.19. The van der Waals surface area contributed by atoms with Crippen LogP contribution in [0.4, 0.5) is 5.69 Å². The highest BCUT2D eigenvalue weighted by Crippen LogP contribution is 2.24. The van der Waals surface area contributed by atoms with E-state index < -0.39 is 0 Å². The van der Waals surface area contributed by atoms with Crippen molar-refractivity contribution in [1.29, 1.82) is 0 Å². The Labute approximate surface area is 133 Å². The number of rotatable bonds is 3. The fourth-order valence-electron chi connectivity index (χ4n) is 2.47. The summed E-state index contributed by atoms with van der Waals surface area (Å²) in [6, 6.07) is 19.8. The van der Waals surface area contributed by atoms with Crippen LogP contribution >= 0.6 is 0 Å². The van der Waals surface area contributed by atoms with E-state index in [9.17, 15) is 0 Å². The van der Waals surface area contributed by atoms with Crippen molar-refractivity contribution in [3.63, 3.8) is 0 Å². The minimum atomic E-state index is 0.747. The van der Waals surface area contributed by atoms with Crippen molar-refractivity contribution in [3.05, 3.63) is 72.2 Å². The van der Waals surface area contributed by atoms with Crippen LogP contribution in [0.2, 0.25) is 0 Å². The standard InChI is InChI=1S/C19H15N3O/c1-13-7-9-16(23-13)12-20-15-8-10-17-18(11-15)22-19(21-17)14-5-3-2-4-6-14/h2-12H,1H3,(H,21,22). The zero-order chi connectivity index (χ0) is 15.6. The molecule has 23 heavy (non-hydrogen) atoms. The molecule has 4 rings (SSSR count). The Balaban J connectivity index is 1.67. The maximum absolute atomic E-state index is 5.49. The Morgan fingerprint density at radius 3 is 2.70 bits per heavy atom. The van der Waals surface area contributed by atoms with E-state index in [1.54, 1.807) is 6.21 Å². The first kappa shape index (κ1) is 13.5. The van der Waals surface area contributed by atoms with Crippen LogP contribution in [0.25, 0.3) is 22.4 Å². The van der Waals surface area contributed by atoms with Gasteiger partial charge in [0, 0.05) is 5.56 Å². The largest absolute Gasteiger partial charge is 0.460 e. The summed E-state index contributed by atoms with van der Waals surface area (Å²) in [4.78, 5) is 12.4. The number of fused-ring (bicyclic) bond motifs is 1. The maximum atomic E-state index is 5.49. The fraction of sp³-hybridized carbons (Fsp3) is 0.0526. The van der Waals surface area contributed by atoms with Gasteiger partial charge in [0.25, 0.3) is 0 Å². The Morgan fingerprint density at radius 1 is 1.04 bits per heavy atom. The van der Waals surface area contributed by atoms with Gasteiger partial charge in [-0.15, -0.1) is 0 Å². The molecule has 2 heterocycles. The van der Waals surface area contributed by atoms with E-state index in [1.165, 1.54) is 0 Å². The van der Waals surface area contributed by atoms with Crippen LogP contribution in [0.3, 0.4) is 0 Å². The van der Waals surface area contributed by atoms with Crippen molar-refractivity contribution in [2.45, 2.75) is 6.92 Å². The highest BCUT2D eigenvalue weighted by Gasteiger charge is 2.05. The number of benzene rings is 2. The Kier molecular flexibility index (Phi) is 3.27. The Bertz CT molecular complexity index is 980. The molecule has 0 atom stereocenters. The molecule has 0 unspecified atom stereocenters. The minimum Gasteiger partial charge on any atom is -0.460 e. The Morgan fingerprint density at radius 2 is 1.91 bits per heavy atom. The van der Waals surface area contributed by atoms with Gasteiger partial charge in [0.2, 0.25) is 0 Å². The summed E-state index contributed by atoms with van der Waals surface area (Å²) in [5.41, 5.74) is 3.82. The van der Waals surface area contributed by atoms with Gasteiger partial charge >= 0.3 is 0 Å². The van der Waals surface area contributed by atoms with Crippen LogP contribution in [-0.2, 0) is 0 Å². The van der Waals surface area contributed by atoms with Gasteiger partial charge < -0.3 is 9.40 Å². The van der Waals surface area contributed by atoms with E-state index in [1.807, 2.05) is 67.6 Å². The van der Waals surface area contributed by atoms with Crippen LogP contribution in [-0.4, -0.2) is 16.2 Å². The lowest BCUT2D eigenvalue weighted by atomic mass is 10.2. The summed E-state index contributed by atoms with van der Waals surface area (Å²) in [7, 11) is 0. The first-order chi connectivity index (χ1) is 11.3. The molecule has 1 N–H and O–H groups in total. The molecule has 0 saturated carbocycles. The van der Waals surface area contributed by atoms with E-state index in [2.05, 4.69) is 15.0 Å². The topological polar surface area (TPSA) is 54.2 Å². The van der Waals surface area contributed by atoms with E-state index in [0.717, 1.165) is 39.6 Å². The number of H-pyrrole nitrogens is 1. The molecule has 4 aromatic rings. The highest BCUT2D eigenvalue weighted by molar-refractivity contribution is 5.84. The molecule has 0 aliphatic carbocycles. The third-order valence-corrected chi connectivity index (χ3v) is 3.61. The van der Waals surface area contributed by atoms with Crippen molar-refractivity contribution < 1.29 is 4.42 Å². The van der Waals surface area contributed by atoms with Gasteiger partial charge in [-0.3, -0.25) is 4.99 Å². The third kappa shape index (κ3) is 2.79. The smallest absolute Gasteiger partial charge is 0.145 e. The molecule has 0 radical (unpaired) electrons. The van der Waals surface area contributed by atoms with Crippen molar-refractivity contribution >= 4 is 22.9 Å². The molecule has 0 aliphatic rings. The molecule has 0 spiro atoms. The summed E-state index contributed by atoms with van der Waals surface area (Å²) in [5.74, 6) is 2.49. The molecular weight excluding hydrogens is 286 g/mol. The number of aromatic amines is 1. The molecule has 2 aromatic heterocycles. The number of aromatic nitrogens is 2. The van der Waals surface area contributed by atoms with Crippen molar-refractivity contribution in [3.8, 4) is 11.4 Å². The second-order valence-electron chi connectivity index (χ2n) is 5.36. The summed E-state index contributed by atoms with van der Waals surface area (Å²) in [6.45, 7) is 1.92. The van der Waals surface area contributed by atoms with Crippen molar-refractivity contribution in [2.24, 2.45) is 4.99 Å². The van der Waals surface area contributed by atoms with Crippen LogP contribution in [0, 0.1) is 6.92 Å². The van der Waals surface area contributed by atoms with Crippen molar-refractivity contribution in [1.82, 2.24) is 9.97 Å². The lowest BCUT2D eigenvalue weighted by Crippen LogP contribution is -1.77. The summed E-state index contributed by atoms with van der Waals surface area (Å²) in [6.07, 6.45) is 1.72. The van der Waals surface area contributed by atoms with Crippen LogP contribution in [0.1, 0.15) is 11.5 Å². The van der Waals surface area contributed by atoms with Gasteiger partial charge in [-0.05, 0) is 37.3 Å². The number of hydrogen-bond acceptors (Lipinski definition) is 3. The zero-order valence-corrected chi connectivity index (χ0v) is 12.7. The molecule has 4 nitrogen and oxygen atoms in total. The molecular formula is C19H15N3O. The van der Waals surface area contributed by atoms with Gasteiger partial charge in [-0.1, -0.05) is 30.3 Å². The quantitative estimate of drug-likeness (QED) is 0.548. The summed E-state index contributed by atoms with van der Waals surface area (Å²) < 4.78 is 5.49. The minimum absolute atomic E-state index is 0.747. The Hall–Kier alpha value is -3.14. The number of nitrogens with one attached hydrogen (secondary N) is 1. The lowest BCUT2D eigenvalue weighted by Gasteiger charge is -1.93. The van der Waals surface area contributed by atoms with Gasteiger partial charge in [-0.2, -0.15) is 0 Å². The van der Waals surface area contributed by atoms with Crippen LogP contribution in [0.15, 0.2) is 70.1 Å². The zero-order valence-electron chi connectivity index (χ0n) is 12.7. The molecule has 4 heteroatoms. The third-order valence-electron chi connectivity index (χ3n) is 3.61. The molecule has 0 fully saturated rings. The maximum Gasteiger partial charge on any atom is 0.145 e. The van der Waals surface area contributed by atoms with E-state index in [0.29, 0.717) is 0 Å². The SMILES string of the molecule is Cc1ccc(C=Nc2ccc3nc(-c4ccccc4)[nH]c3c2)o1. The van der Waals surface area contributed by atoms with Gasteiger partial charge in [0.1, 0.15) is 17.3 Å². The molecule has 0 bridgehead atoms. The summed E-state index contributed by atoms with van der Waals surface area (Å²) >= 11 is 0. The predicted octanol–water partition coefficient (Wildman–Crippen LogP) is 4.88. The number of furan rings is 1. The highest BCUT2D eigenvalue weighted by atomic mass is 16.3.